The Hall–Kier alpha value is -1.94. The number of nitrogens with zero attached hydrogens (tertiary/aromatic N) is 2. The highest BCUT2D eigenvalue weighted by molar-refractivity contribution is 5.30. The van der Waals surface area contributed by atoms with Crippen LogP contribution in [-0.2, 0) is 13.0 Å². The number of aromatic nitrogens is 2. The van der Waals surface area contributed by atoms with Crippen molar-refractivity contribution in [3.63, 3.8) is 0 Å². The van der Waals surface area contributed by atoms with E-state index < -0.39 is 0 Å². The first-order valence-electron chi connectivity index (χ1n) is 6.96. The molecule has 4 heteroatoms. The Morgan fingerprint density at radius 2 is 2.10 bits per heavy atom. The summed E-state index contributed by atoms with van der Waals surface area (Å²) in [5.41, 5.74) is 3.22. The second-order valence-corrected chi connectivity index (χ2v) is 4.82. The first-order chi connectivity index (χ1) is 9.71. The second kappa shape index (κ2) is 7.01. The van der Waals surface area contributed by atoms with Crippen LogP contribution >= 0.6 is 0 Å². The summed E-state index contributed by atoms with van der Waals surface area (Å²) in [7, 11) is 1.93. The van der Waals surface area contributed by atoms with E-state index >= 15 is 0 Å². The highest BCUT2D eigenvalue weighted by Gasteiger charge is 2.05. The number of aryl methyl sites for hydroxylation is 2. The molecule has 4 nitrogen and oxygen atoms in total. The van der Waals surface area contributed by atoms with E-state index in [1.54, 1.807) is 6.20 Å². The normalized spacial score (nSPS) is 10.6. The minimum atomic E-state index is 0.631. The molecule has 0 bridgehead atoms. The third-order valence-corrected chi connectivity index (χ3v) is 2.91. The number of hydrogen-bond acceptors (Lipinski definition) is 4. The van der Waals surface area contributed by atoms with E-state index in [9.17, 15) is 0 Å². The molecule has 0 aliphatic rings. The first kappa shape index (κ1) is 14.5. The summed E-state index contributed by atoms with van der Waals surface area (Å²) >= 11 is 0. The lowest BCUT2D eigenvalue weighted by Crippen LogP contribution is -2.06. The third kappa shape index (κ3) is 4.03. The number of pyridine rings is 2. The van der Waals surface area contributed by atoms with E-state index in [-0.39, 0.29) is 0 Å². The van der Waals surface area contributed by atoms with Gasteiger partial charge in [0.15, 0.2) is 0 Å². The average Bonchev–Trinajstić information content (AvgIpc) is 2.42. The van der Waals surface area contributed by atoms with Crippen LogP contribution < -0.4 is 10.1 Å². The summed E-state index contributed by atoms with van der Waals surface area (Å²) in [5, 5.41) is 3.16. The molecule has 0 amide bonds. The van der Waals surface area contributed by atoms with Gasteiger partial charge in [0.25, 0.3) is 0 Å². The maximum absolute atomic E-state index is 5.81. The molecular weight excluding hydrogens is 250 g/mol. The van der Waals surface area contributed by atoms with Crippen molar-refractivity contribution < 1.29 is 4.74 Å². The van der Waals surface area contributed by atoms with Crippen LogP contribution in [0.15, 0.2) is 30.5 Å². The van der Waals surface area contributed by atoms with Gasteiger partial charge in [0.2, 0.25) is 5.88 Å². The number of hydrogen-bond donors (Lipinski definition) is 1. The Balaban J connectivity index is 2.22. The minimum Gasteiger partial charge on any atom is -0.437 e. The van der Waals surface area contributed by atoms with Crippen LogP contribution in [0.1, 0.15) is 30.3 Å². The average molecular weight is 271 g/mol. The molecule has 106 valence electrons. The SMILES string of the molecule is CCCc1cc(CNC)cc(Oc2ccc(C)nc2)n1. The molecule has 2 heterocycles. The van der Waals surface area contributed by atoms with E-state index in [0.717, 1.165) is 30.8 Å². The van der Waals surface area contributed by atoms with Gasteiger partial charge < -0.3 is 10.1 Å². The fraction of sp³-hybridized carbons (Fsp3) is 0.375. The quantitative estimate of drug-likeness (QED) is 0.876. The maximum atomic E-state index is 5.81. The van der Waals surface area contributed by atoms with Gasteiger partial charge >= 0.3 is 0 Å². The first-order valence-corrected chi connectivity index (χ1v) is 6.96. The van der Waals surface area contributed by atoms with Crippen LogP contribution in [0.2, 0.25) is 0 Å². The second-order valence-electron chi connectivity index (χ2n) is 4.82. The third-order valence-electron chi connectivity index (χ3n) is 2.91. The summed E-state index contributed by atoms with van der Waals surface area (Å²) < 4.78 is 5.81. The molecule has 0 radical (unpaired) electrons. The van der Waals surface area contributed by atoms with Crippen LogP contribution in [0.4, 0.5) is 0 Å². The van der Waals surface area contributed by atoms with Crippen molar-refractivity contribution in [2.75, 3.05) is 7.05 Å². The monoisotopic (exact) mass is 271 g/mol. The lowest BCUT2D eigenvalue weighted by atomic mass is 10.1. The van der Waals surface area contributed by atoms with Gasteiger partial charge in [-0.15, -0.1) is 0 Å². The largest absolute Gasteiger partial charge is 0.437 e. The summed E-state index contributed by atoms with van der Waals surface area (Å²) in [6, 6.07) is 7.93. The Kier molecular flexibility index (Phi) is 5.07. The fourth-order valence-electron chi connectivity index (χ4n) is 2.00. The van der Waals surface area contributed by atoms with E-state index in [4.69, 9.17) is 4.74 Å². The highest BCUT2D eigenvalue weighted by Crippen LogP contribution is 2.21. The summed E-state index contributed by atoms with van der Waals surface area (Å²) in [6.07, 6.45) is 3.75. The Morgan fingerprint density at radius 3 is 2.75 bits per heavy atom. The fourth-order valence-corrected chi connectivity index (χ4v) is 2.00. The molecule has 2 aromatic heterocycles. The van der Waals surface area contributed by atoms with Crippen molar-refractivity contribution in [3.8, 4) is 11.6 Å². The van der Waals surface area contributed by atoms with Crippen molar-refractivity contribution in [2.45, 2.75) is 33.2 Å². The Labute approximate surface area is 120 Å². The van der Waals surface area contributed by atoms with Crippen molar-refractivity contribution in [3.05, 3.63) is 47.4 Å². The molecule has 0 aliphatic carbocycles. The van der Waals surface area contributed by atoms with Crippen molar-refractivity contribution >= 4 is 0 Å². The summed E-state index contributed by atoms with van der Waals surface area (Å²) in [4.78, 5) is 8.77. The standard InChI is InChI=1S/C16H21N3O/c1-4-5-14-8-13(10-17-3)9-16(19-14)20-15-7-6-12(2)18-11-15/h6-9,11,17H,4-5,10H2,1-3H3. The van der Waals surface area contributed by atoms with E-state index in [1.807, 2.05) is 32.2 Å². The molecule has 0 spiro atoms. The van der Waals surface area contributed by atoms with Gasteiger partial charge in [0.05, 0.1) is 6.20 Å². The zero-order chi connectivity index (χ0) is 14.4. The van der Waals surface area contributed by atoms with Crippen molar-refractivity contribution in [1.82, 2.24) is 15.3 Å². The smallest absolute Gasteiger partial charge is 0.219 e. The van der Waals surface area contributed by atoms with Crippen molar-refractivity contribution in [2.24, 2.45) is 0 Å². The van der Waals surface area contributed by atoms with Crippen LogP contribution in [0, 0.1) is 6.92 Å². The highest BCUT2D eigenvalue weighted by atomic mass is 16.5. The molecule has 2 rings (SSSR count). The Morgan fingerprint density at radius 1 is 1.25 bits per heavy atom. The van der Waals surface area contributed by atoms with Gasteiger partial charge in [-0.1, -0.05) is 13.3 Å². The van der Waals surface area contributed by atoms with Crippen LogP contribution in [0.5, 0.6) is 11.6 Å². The predicted molar refractivity (Wildman–Crippen MR) is 80.0 cm³/mol. The summed E-state index contributed by atoms with van der Waals surface area (Å²) in [6.45, 7) is 4.91. The molecule has 2 aromatic rings. The Bertz CT molecular complexity index is 528. The zero-order valence-electron chi connectivity index (χ0n) is 12.3. The predicted octanol–water partition coefficient (Wildman–Crippen LogP) is 3.25. The van der Waals surface area contributed by atoms with Gasteiger partial charge in [0, 0.05) is 24.0 Å². The molecule has 0 unspecified atom stereocenters. The van der Waals surface area contributed by atoms with Crippen molar-refractivity contribution in [1.29, 1.82) is 0 Å². The molecule has 0 saturated heterocycles. The van der Waals surface area contributed by atoms with Gasteiger partial charge in [-0.2, -0.15) is 0 Å². The molecule has 1 N–H and O–H groups in total. The molecule has 0 atom stereocenters. The molecular formula is C16H21N3O. The van der Waals surface area contributed by atoms with Crippen LogP contribution in [0.25, 0.3) is 0 Å². The van der Waals surface area contributed by atoms with Gasteiger partial charge in [-0.3, -0.25) is 4.98 Å². The molecule has 0 saturated carbocycles. The number of nitrogens with one attached hydrogen (secondary N) is 1. The van der Waals surface area contributed by atoms with Gasteiger partial charge in [-0.25, -0.2) is 4.98 Å². The number of ether oxygens (including phenoxy) is 1. The lowest BCUT2D eigenvalue weighted by Gasteiger charge is -2.09. The molecule has 0 fully saturated rings. The van der Waals surface area contributed by atoms with E-state index in [2.05, 4.69) is 28.3 Å². The van der Waals surface area contributed by atoms with Gasteiger partial charge in [0.1, 0.15) is 5.75 Å². The van der Waals surface area contributed by atoms with Crippen LogP contribution in [-0.4, -0.2) is 17.0 Å². The zero-order valence-corrected chi connectivity index (χ0v) is 12.3. The van der Waals surface area contributed by atoms with Gasteiger partial charge in [-0.05, 0) is 44.2 Å². The lowest BCUT2D eigenvalue weighted by molar-refractivity contribution is 0.457. The van der Waals surface area contributed by atoms with E-state index in [0.29, 0.717) is 11.6 Å². The van der Waals surface area contributed by atoms with E-state index in [1.165, 1.54) is 5.56 Å². The van der Waals surface area contributed by atoms with Crippen LogP contribution in [0.3, 0.4) is 0 Å². The summed E-state index contributed by atoms with van der Waals surface area (Å²) in [5.74, 6) is 1.35. The minimum absolute atomic E-state index is 0.631. The molecule has 0 aliphatic heterocycles. The molecule has 0 aromatic carbocycles. The topological polar surface area (TPSA) is 47.0 Å². The maximum Gasteiger partial charge on any atom is 0.219 e. The molecule has 20 heavy (non-hydrogen) atoms. The number of rotatable bonds is 6.